The van der Waals surface area contributed by atoms with E-state index in [1.807, 2.05) is 0 Å². The molecule has 1 aliphatic carbocycles. The predicted octanol–water partition coefficient (Wildman–Crippen LogP) is 2.08. The Morgan fingerprint density at radius 2 is 1.80 bits per heavy atom. The Morgan fingerprint density at radius 1 is 1.04 bits per heavy atom. The van der Waals surface area contributed by atoms with Crippen LogP contribution in [-0.4, -0.2) is 29.9 Å². The van der Waals surface area contributed by atoms with Gasteiger partial charge in [0.2, 0.25) is 5.91 Å². The van der Waals surface area contributed by atoms with E-state index in [0.29, 0.717) is 23.4 Å². The van der Waals surface area contributed by atoms with Crippen LogP contribution in [0, 0.1) is 11.8 Å². The number of carbonyl (C=O) groups excluding carboxylic acids is 3. The number of methoxy groups -OCH3 is 1. The second kappa shape index (κ2) is 7.12. The average Bonchev–Trinajstić information content (AvgIpc) is 3.43. The molecule has 2 atom stereocenters. The highest BCUT2D eigenvalue weighted by Gasteiger charge is 2.48. The van der Waals surface area contributed by atoms with E-state index in [4.69, 9.17) is 0 Å². The number of hydrogen-bond donors (Lipinski definition) is 2. The maximum atomic E-state index is 12.1. The minimum absolute atomic E-state index is 0.219. The number of aromatic nitrogens is 1. The molecule has 1 aromatic carbocycles. The third kappa shape index (κ3) is 4.00. The van der Waals surface area contributed by atoms with Gasteiger partial charge in [0.25, 0.3) is 5.91 Å². The van der Waals surface area contributed by atoms with Crippen LogP contribution in [0.1, 0.15) is 16.8 Å². The second-order valence-electron chi connectivity index (χ2n) is 5.73. The Hall–Kier alpha value is -3.22. The third-order valence-corrected chi connectivity index (χ3v) is 3.97. The van der Waals surface area contributed by atoms with E-state index in [1.54, 1.807) is 48.8 Å². The summed E-state index contributed by atoms with van der Waals surface area (Å²) in [4.78, 5) is 39.5. The molecule has 7 heteroatoms. The molecule has 0 spiro atoms. The van der Waals surface area contributed by atoms with Gasteiger partial charge in [0.15, 0.2) is 0 Å². The number of ether oxygens (including phenoxy) is 1. The van der Waals surface area contributed by atoms with Crippen LogP contribution < -0.4 is 10.6 Å². The fraction of sp³-hybridized carbons (Fsp3) is 0.222. The van der Waals surface area contributed by atoms with Crippen molar-refractivity contribution in [1.82, 2.24) is 4.98 Å². The zero-order valence-electron chi connectivity index (χ0n) is 13.6. The first-order valence-electron chi connectivity index (χ1n) is 7.78. The fourth-order valence-electron chi connectivity index (χ4n) is 2.48. The highest BCUT2D eigenvalue weighted by atomic mass is 16.5. The molecule has 3 rings (SSSR count). The third-order valence-electron chi connectivity index (χ3n) is 3.97. The largest absolute Gasteiger partial charge is 0.469 e. The van der Waals surface area contributed by atoms with Crippen molar-refractivity contribution in [3.8, 4) is 0 Å². The van der Waals surface area contributed by atoms with Crippen molar-refractivity contribution in [3.63, 3.8) is 0 Å². The van der Waals surface area contributed by atoms with Crippen molar-refractivity contribution < 1.29 is 19.1 Å². The molecule has 2 amide bonds. The monoisotopic (exact) mass is 339 g/mol. The van der Waals surface area contributed by atoms with Gasteiger partial charge in [-0.2, -0.15) is 0 Å². The second-order valence-corrected chi connectivity index (χ2v) is 5.73. The Bertz CT molecular complexity index is 790. The maximum absolute atomic E-state index is 12.1. The molecule has 1 aromatic heterocycles. The van der Waals surface area contributed by atoms with Crippen LogP contribution >= 0.6 is 0 Å². The first-order chi connectivity index (χ1) is 12.1. The van der Waals surface area contributed by atoms with Gasteiger partial charge in [-0.25, -0.2) is 0 Å². The highest BCUT2D eigenvalue weighted by molar-refractivity contribution is 6.04. The summed E-state index contributed by atoms with van der Waals surface area (Å²) < 4.78 is 4.63. The van der Waals surface area contributed by atoms with Crippen LogP contribution in [0.5, 0.6) is 0 Å². The molecule has 128 valence electrons. The fourth-order valence-corrected chi connectivity index (χ4v) is 2.48. The van der Waals surface area contributed by atoms with Crippen molar-refractivity contribution in [2.75, 3.05) is 17.7 Å². The molecule has 0 aliphatic heterocycles. The number of hydrogen-bond acceptors (Lipinski definition) is 5. The first-order valence-corrected chi connectivity index (χ1v) is 7.78. The normalized spacial score (nSPS) is 18.1. The van der Waals surface area contributed by atoms with E-state index in [1.165, 1.54) is 7.11 Å². The van der Waals surface area contributed by atoms with E-state index in [9.17, 15) is 14.4 Å². The minimum Gasteiger partial charge on any atom is -0.469 e. The van der Waals surface area contributed by atoms with Crippen LogP contribution in [0.25, 0.3) is 0 Å². The van der Waals surface area contributed by atoms with Gasteiger partial charge in [0.1, 0.15) is 0 Å². The summed E-state index contributed by atoms with van der Waals surface area (Å²) >= 11 is 0. The van der Waals surface area contributed by atoms with Gasteiger partial charge in [0.05, 0.1) is 30.8 Å². The smallest absolute Gasteiger partial charge is 0.309 e. The van der Waals surface area contributed by atoms with Crippen molar-refractivity contribution >= 4 is 29.2 Å². The van der Waals surface area contributed by atoms with Gasteiger partial charge in [-0.1, -0.05) is 0 Å². The molecule has 1 aliphatic rings. The lowest BCUT2D eigenvalue weighted by atomic mass is 10.2. The summed E-state index contributed by atoms with van der Waals surface area (Å²) in [7, 11) is 1.31. The van der Waals surface area contributed by atoms with E-state index < -0.39 is 0 Å². The summed E-state index contributed by atoms with van der Waals surface area (Å²) in [5.74, 6) is -1.54. The maximum Gasteiger partial charge on any atom is 0.309 e. The van der Waals surface area contributed by atoms with Crippen LogP contribution in [0.4, 0.5) is 11.4 Å². The average molecular weight is 339 g/mol. The van der Waals surface area contributed by atoms with Gasteiger partial charge in [-0.3, -0.25) is 19.4 Å². The van der Waals surface area contributed by atoms with Gasteiger partial charge < -0.3 is 15.4 Å². The van der Waals surface area contributed by atoms with Gasteiger partial charge in [0, 0.05) is 17.4 Å². The topological polar surface area (TPSA) is 97.4 Å². The Balaban J connectivity index is 1.56. The molecular formula is C18H17N3O4. The lowest BCUT2D eigenvalue weighted by molar-refractivity contribution is -0.143. The highest BCUT2D eigenvalue weighted by Crippen LogP contribution is 2.40. The molecule has 7 nitrogen and oxygen atoms in total. The Morgan fingerprint density at radius 3 is 2.44 bits per heavy atom. The summed E-state index contributed by atoms with van der Waals surface area (Å²) in [6.07, 6.45) is 3.68. The van der Waals surface area contributed by atoms with E-state index in [2.05, 4.69) is 20.4 Å². The zero-order chi connectivity index (χ0) is 17.8. The van der Waals surface area contributed by atoms with Crippen molar-refractivity contribution in [2.45, 2.75) is 6.42 Å². The molecule has 1 fully saturated rings. The van der Waals surface area contributed by atoms with E-state index in [-0.39, 0.29) is 29.6 Å². The quantitative estimate of drug-likeness (QED) is 0.813. The van der Waals surface area contributed by atoms with Gasteiger partial charge in [-0.05, 0) is 42.8 Å². The van der Waals surface area contributed by atoms with Crippen molar-refractivity contribution in [3.05, 3.63) is 54.4 Å². The summed E-state index contributed by atoms with van der Waals surface area (Å²) in [6, 6.07) is 10.00. The Labute approximate surface area is 144 Å². The molecule has 2 N–H and O–H groups in total. The number of benzene rings is 1. The SMILES string of the molecule is COC(=O)[C@H]1C[C@H]1C(=O)Nc1ccc(C(=O)Nc2cccnc2)cc1. The standard InChI is InChI=1S/C18H17N3O4/c1-25-18(24)15-9-14(15)17(23)20-12-6-4-11(5-7-12)16(22)21-13-3-2-8-19-10-13/h2-8,10,14-15H,9H2,1H3,(H,20,23)(H,21,22)/t14-,15+/m1/s1. The predicted molar refractivity (Wildman–Crippen MR) is 90.9 cm³/mol. The van der Waals surface area contributed by atoms with Crippen molar-refractivity contribution in [1.29, 1.82) is 0 Å². The lowest BCUT2D eigenvalue weighted by Gasteiger charge is -2.07. The van der Waals surface area contributed by atoms with Gasteiger partial charge in [-0.15, -0.1) is 0 Å². The molecule has 1 heterocycles. The minimum atomic E-state index is -0.359. The number of pyridine rings is 1. The molecule has 0 bridgehead atoms. The summed E-state index contributed by atoms with van der Waals surface area (Å²) in [6.45, 7) is 0. The molecule has 0 radical (unpaired) electrons. The molecular weight excluding hydrogens is 322 g/mol. The number of anilines is 2. The number of rotatable bonds is 5. The number of esters is 1. The number of amides is 2. The molecule has 0 saturated heterocycles. The van der Waals surface area contributed by atoms with E-state index in [0.717, 1.165) is 0 Å². The molecule has 1 saturated carbocycles. The molecule has 2 aromatic rings. The first kappa shape index (κ1) is 16.6. The van der Waals surface area contributed by atoms with Crippen LogP contribution in [0.15, 0.2) is 48.8 Å². The number of nitrogens with one attached hydrogen (secondary N) is 2. The van der Waals surface area contributed by atoms with Crippen LogP contribution in [0.3, 0.4) is 0 Å². The van der Waals surface area contributed by atoms with Crippen molar-refractivity contribution in [2.24, 2.45) is 11.8 Å². The lowest BCUT2D eigenvalue weighted by Crippen LogP contribution is -2.17. The van der Waals surface area contributed by atoms with Gasteiger partial charge >= 0.3 is 5.97 Å². The molecule has 25 heavy (non-hydrogen) atoms. The number of nitrogens with zero attached hydrogens (tertiary/aromatic N) is 1. The van der Waals surface area contributed by atoms with Crippen LogP contribution in [-0.2, 0) is 14.3 Å². The Kier molecular flexibility index (Phi) is 4.74. The number of carbonyl (C=O) groups is 3. The summed E-state index contributed by atoms with van der Waals surface area (Å²) in [5, 5.41) is 5.47. The van der Waals surface area contributed by atoms with Crippen LogP contribution in [0.2, 0.25) is 0 Å². The molecule has 0 unspecified atom stereocenters. The zero-order valence-corrected chi connectivity index (χ0v) is 13.6. The summed E-state index contributed by atoms with van der Waals surface area (Å²) in [5.41, 5.74) is 1.63. The van der Waals surface area contributed by atoms with E-state index >= 15 is 0 Å².